The molecule has 112 valence electrons. The number of amides is 1. The smallest absolute Gasteiger partial charge is 0.270 e. The fourth-order valence-electron chi connectivity index (χ4n) is 1.72. The van der Waals surface area contributed by atoms with E-state index in [1.54, 1.807) is 17.5 Å². The molecule has 0 aliphatic rings. The molecule has 0 atom stereocenters. The quantitative estimate of drug-likeness (QED) is 0.858. The number of sulfonamides is 1. The summed E-state index contributed by atoms with van der Waals surface area (Å²) in [7, 11) is -3.66. The Kier molecular flexibility index (Phi) is 4.71. The van der Waals surface area contributed by atoms with E-state index in [9.17, 15) is 13.2 Å². The molecule has 3 N–H and O–H groups in total. The number of benzene rings is 1. The van der Waals surface area contributed by atoms with Crippen molar-refractivity contribution < 1.29 is 13.2 Å². The molecule has 0 saturated heterocycles. The van der Waals surface area contributed by atoms with Gasteiger partial charge in [0.05, 0.1) is 9.90 Å². The molecule has 6 nitrogen and oxygen atoms in total. The molecular formula is C13H15N3O3S2. The Morgan fingerprint density at radius 2 is 2.00 bits per heavy atom. The summed E-state index contributed by atoms with van der Waals surface area (Å²) in [5.41, 5.74) is 1.33. The first-order chi connectivity index (χ1) is 9.86. The lowest BCUT2D eigenvalue weighted by molar-refractivity contribution is 0.0949. The lowest BCUT2D eigenvalue weighted by atomic mass is 10.1. The summed E-state index contributed by atoms with van der Waals surface area (Å²) in [4.78, 5) is 15.9. The number of nitrogens with zero attached hydrogens (tertiary/aromatic N) is 1. The van der Waals surface area contributed by atoms with Crippen molar-refractivity contribution >= 4 is 27.3 Å². The number of hydrogen-bond donors (Lipinski definition) is 2. The first-order valence-electron chi connectivity index (χ1n) is 6.18. The van der Waals surface area contributed by atoms with Gasteiger partial charge < -0.3 is 5.32 Å². The van der Waals surface area contributed by atoms with E-state index in [-0.39, 0.29) is 10.8 Å². The van der Waals surface area contributed by atoms with Gasteiger partial charge in [-0.25, -0.2) is 18.5 Å². The van der Waals surface area contributed by atoms with E-state index >= 15 is 0 Å². The summed E-state index contributed by atoms with van der Waals surface area (Å²) in [6.45, 7) is 2.29. The fraction of sp³-hybridized carbons (Fsp3) is 0.231. The number of aromatic nitrogens is 1. The van der Waals surface area contributed by atoms with Crippen LogP contribution in [-0.2, 0) is 16.4 Å². The number of rotatable bonds is 5. The Labute approximate surface area is 127 Å². The van der Waals surface area contributed by atoms with Crippen LogP contribution in [0.15, 0.2) is 34.5 Å². The van der Waals surface area contributed by atoms with Gasteiger partial charge in [0.25, 0.3) is 5.91 Å². The molecule has 2 aromatic rings. The van der Waals surface area contributed by atoms with Gasteiger partial charge in [0.2, 0.25) is 10.0 Å². The average Bonchev–Trinajstić information content (AvgIpc) is 2.85. The van der Waals surface area contributed by atoms with Crippen molar-refractivity contribution in [1.29, 1.82) is 0 Å². The Morgan fingerprint density at radius 3 is 2.52 bits per heavy atom. The molecule has 0 fully saturated rings. The van der Waals surface area contributed by atoms with Crippen molar-refractivity contribution in [2.75, 3.05) is 6.54 Å². The van der Waals surface area contributed by atoms with Gasteiger partial charge in [-0.05, 0) is 31.0 Å². The van der Waals surface area contributed by atoms with E-state index in [2.05, 4.69) is 10.3 Å². The van der Waals surface area contributed by atoms with Gasteiger partial charge in [0, 0.05) is 11.9 Å². The molecule has 21 heavy (non-hydrogen) atoms. The van der Waals surface area contributed by atoms with Crippen LogP contribution >= 0.6 is 11.3 Å². The van der Waals surface area contributed by atoms with Gasteiger partial charge in [-0.2, -0.15) is 0 Å². The van der Waals surface area contributed by atoms with Crippen molar-refractivity contribution in [2.24, 2.45) is 5.14 Å². The third kappa shape index (κ3) is 4.35. The minimum absolute atomic E-state index is 0.0771. The summed E-state index contributed by atoms with van der Waals surface area (Å²) in [6.07, 6.45) is 0.597. The van der Waals surface area contributed by atoms with Crippen LogP contribution in [0, 0.1) is 6.92 Å². The molecule has 0 spiro atoms. The minimum atomic E-state index is -3.66. The predicted molar refractivity (Wildman–Crippen MR) is 80.7 cm³/mol. The van der Waals surface area contributed by atoms with Crippen molar-refractivity contribution in [3.05, 3.63) is 45.9 Å². The lowest BCUT2D eigenvalue weighted by Crippen LogP contribution is -2.26. The summed E-state index contributed by atoms with van der Waals surface area (Å²) in [5, 5.41) is 10.4. The topological polar surface area (TPSA) is 102 Å². The molecular weight excluding hydrogens is 310 g/mol. The van der Waals surface area contributed by atoms with Crippen LogP contribution in [0.25, 0.3) is 0 Å². The number of hydrogen-bond acceptors (Lipinski definition) is 5. The molecule has 1 amide bonds. The summed E-state index contributed by atoms with van der Waals surface area (Å²) >= 11 is 1.43. The van der Waals surface area contributed by atoms with Gasteiger partial charge >= 0.3 is 0 Å². The molecule has 0 aliphatic heterocycles. The monoisotopic (exact) mass is 325 g/mol. The van der Waals surface area contributed by atoms with Gasteiger partial charge in [-0.3, -0.25) is 4.79 Å². The summed E-state index contributed by atoms with van der Waals surface area (Å²) in [6, 6.07) is 6.27. The normalized spacial score (nSPS) is 11.3. The fourth-order valence-corrected chi connectivity index (χ4v) is 2.83. The highest BCUT2D eigenvalue weighted by atomic mass is 32.2. The van der Waals surface area contributed by atoms with Gasteiger partial charge in [0.15, 0.2) is 0 Å². The SMILES string of the molecule is Cc1nc(C(=O)NCCc2ccc(S(N)(=O)=O)cc2)cs1. The van der Waals surface area contributed by atoms with E-state index in [0.717, 1.165) is 10.6 Å². The first-order valence-corrected chi connectivity index (χ1v) is 8.61. The molecule has 0 radical (unpaired) electrons. The molecule has 0 aliphatic carbocycles. The molecule has 0 saturated carbocycles. The molecule has 0 bridgehead atoms. The number of thiazole rings is 1. The number of aryl methyl sites for hydroxylation is 1. The van der Waals surface area contributed by atoms with Crippen LogP contribution in [0.5, 0.6) is 0 Å². The van der Waals surface area contributed by atoms with Crippen LogP contribution in [-0.4, -0.2) is 25.9 Å². The summed E-state index contributed by atoms with van der Waals surface area (Å²) in [5.74, 6) is -0.208. The summed E-state index contributed by atoms with van der Waals surface area (Å²) < 4.78 is 22.2. The first kappa shape index (κ1) is 15.6. The van der Waals surface area contributed by atoms with Crippen LogP contribution in [0.1, 0.15) is 21.1 Å². The van der Waals surface area contributed by atoms with E-state index in [1.807, 2.05) is 6.92 Å². The van der Waals surface area contributed by atoms with Crippen LogP contribution in [0.2, 0.25) is 0 Å². The second-order valence-corrected chi connectivity index (χ2v) is 7.07. The van der Waals surface area contributed by atoms with E-state index in [0.29, 0.717) is 18.7 Å². The maximum absolute atomic E-state index is 11.8. The standard InChI is InChI=1S/C13H15N3O3S2/c1-9-16-12(8-20-9)13(17)15-7-6-10-2-4-11(5-3-10)21(14,18)19/h2-5,8H,6-7H2,1H3,(H,15,17)(H2,14,18,19). The molecule has 1 aromatic carbocycles. The van der Waals surface area contributed by atoms with Crippen LogP contribution < -0.4 is 10.5 Å². The zero-order valence-electron chi connectivity index (χ0n) is 11.4. The van der Waals surface area contributed by atoms with Crippen molar-refractivity contribution in [3.63, 3.8) is 0 Å². The zero-order valence-corrected chi connectivity index (χ0v) is 13.0. The third-order valence-corrected chi connectivity index (χ3v) is 4.51. The highest BCUT2D eigenvalue weighted by Gasteiger charge is 2.09. The van der Waals surface area contributed by atoms with E-state index in [4.69, 9.17) is 5.14 Å². The van der Waals surface area contributed by atoms with Crippen molar-refractivity contribution in [3.8, 4) is 0 Å². The Bertz CT molecular complexity index is 736. The maximum atomic E-state index is 11.8. The van der Waals surface area contributed by atoms with Gasteiger partial charge in [-0.1, -0.05) is 12.1 Å². The highest BCUT2D eigenvalue weighted by Crippen LogP contribution is 2.10. The third-order valence-electron chi connectivity index (χ3n) is 2.80. The van der Waals surface area contributed by atoms with E-state index in [1.165, 1.54) is 23.5 Å². The zero-order chi connectivity index (χ0) is 15.5. The number of nitrogens with one attached hydrogen (secondary N) is 1. The maximum Gasteiger partial charge on any atom is 0.270 e. The molecule has 1 heterocycles. The number of carbonyl (C=O) groups excluding carboxylic acids is 1. The predicted octanol–water partition coefficient (Wildman–Crippen LogP) is 1.07. The van der Waals surface area contributed by atoms with Crippen molar-refractivity contribution in [1.82, 2.24) is 10.3 Å². The second-order valence-electron chi connectivity index (χ2n) is 4.45. The molecule has 0 unspecified atom stereocenters. The lowest BCUT2D eigenvalue weighted by Gasteiger charge is -2.04. The number of primary sulfonamides is 1. The van der Waals surface area contributed by atoms with Gasteiger partial charge in [0.1, 0.15) is 5.69 Å². The van der Waals surface area contributed by atoms with Gasteiger partial charge in [-0.15, -0.1) is 11.3 Å². The average molecular weight is 325 g/mol. The Hall–Kier alpha value is -1.77. The second kappa shape index (κ2) is 6.33. The van der Waals surface area contributed by atoms with Crippen LogP contribution in [0.4, 0.5) is 0 Å². The minimum Gasteiger partial charge on any atom is -0.350 e. The number of nitrogens with two attached hydrogens (primary N) is 1. The Balaban J connectivity index is 1.88. The molecule has 8 heteroatoms. The number of carbonyl (C=O) groups is 1. The highest BCUT2D eigenvalue weighted by molar-refractivity contribution is 7.89. The molecule has 1 aromatic heterocycles. The van der Waals surface area contributed by atoms with E-state index < -0.39 is 10.0 Å². The Morgan fingerprint density at radius 1 is 1.33 bits per heavy atom. The largest absolute Gasteiger partial charge is 0.350 e. The molecule has 2 rings (SSSR count). The van der Waals surface area contributed by atoms with Crippen molar-refractivity contribution in [2.45, 2.75) is 18.2 Å². The van der Waals surface area contributed by atoms with Crippen LogP contribution in [0.3, 0.4) is 0 Å².